The molecule has 4 heteroatoms. The lowest BCUT2D eigenvalue weighted by molar-refractivity contribution is -0.724. The van der Waals surface area contributed by atoms with Crippen molar-refractivity contribution < 1.29 is 22.1 Å². The molecule has 1 aromatic rings. The number of aliphatic hydroxyl groups excluding tert-OH is 1. The molecule has 0 saturated carbocycles. The van der Waals surface area contributed by atoms with E-state index in [1.807, 2.05) is 0 Å². The van der Waals surface area contributed by atoms with Gasteiger partial charge in [0, 0.05) is 0 Å². The average molecular weight is 822 g/mol. The molecule has 340 valence electrons. The van der Waals surface area contributed by atoms with Crippen LogP contribution in [0.25, 0.3) is 0 Å². The minimum absolute atomic E-state index is 0. The normalized spacial score (nSPS) is 12.2. The van der Waals surface area contributed by atoms with Gasteiger partial charge in [-0.05, 0) is 31.6 Å². The third-order valence-electron chi connectivity index (χ3n) is 13.2. The van der Waals surface area contributed by atoms with E-state index in [2.05, 4.69) is 48.6 Å². The Morgan fingerprint density at radius 3 is 0.965 bits per heavy atom. The van der Waals surface area contributed by atoms with Crippen molar-refractivity contribution in [2.45, 2.75) is 309 Å². The van der Waals surface area contributed by atoms with E-state index in [-0.39, 0.29) is 19.0 Å². The van der Waals surface area contributed by atoms with Gasteiger partial charge in [-0.1, -0.05) is 271 Å². The maximum Gasteiger partial charge on any atom is 0.244 e. The fourth-order valence-corrected chi connectivity index (χ4v) is 9.33. The van der Waals surface area contributed by atoms with Crippen LogP contribution < -0.4 is 17.0 Å². The lowest BCUT2D eigenvalue weighted by Crippen LogP contribution is -3.00. The summed E-state index contributed by atoms with van der Waals surface area (Å²) in [6, 6.07) is 0.615. The van der Waals surface area contributed by atoms with E-state index in [4.69, 9.17) is 0 Å². The van der Waals surface area contributed by atoms with Gasteiger partial charge < -0.3 is 17.5 Å². The Hall–Kier alpha value is -0.540. The molecule has 1 rings (SSSR count). The van der Waals surface area contributed by atoms with Crippen LogP contribution in [0.15, 0.2) is 18.7 Å². The van der Waals surface area contributed by atoms with Gasteiger partial charge in [-0.2, -0.15) is 0 Å². The van der Waals surface area contributed by atoms with E-state index in [0.717, 1.165) is 5.92 Å². The number of hydrogen-bond acceptors (Lipinski definition) is 1. The summed E-state index contributed by atoms with van der Waals surface area (Å²) in [6.07, 6.45) is 68.5. The molecule has 0 aliphatic rings. The standard InChI is InChI=1S/C53H105N2O.ClH/c1-4-7-10-13-16-19-22-25-28-31-34-37-42-52(43-38-35-32-29-26-23-20-17-14-11-8-5-2)44-40-41-46-53(55-48-47-54(51-55)49-50-56)45-39-36-33-30-27-24-21-18-15-12-9-6-3;/h47-48,51-53,56H,4-46,49-50H2,1-3H3;1H/q+1;/p-1. The molecule has 0 amide bonds. The molecule has 0 spiro atoms. The minimum atomic E-state index is 0. The van der Waals surface area contributed by atoms with Crippen molar-refractivity contribution in [2.24, 2.45) is 5.92 Å². The highest BCUT2D eigenvalue weighted by Gasteiger charge is 2.17. The molecule has 0 saturated heterocycles. The van der Waals surface area contributed by atoms with E-state index in [1.165, 1.54) is 276 Å². The van der Waals surface area contributed by atoms with Crippen molar-refractivity contribution in [1.29, 1.82) is 0 Å². The maximum absolute atomic E-state index is 9.52. The van der Waals surface area contributed by atoms with Gasteiger partial charge in [-0.3, -0.25) is 0 Å². The molecular formula is C53H105ClN2O. The first-order valence-electron chi connectivity index (χ1n) is 26.4. The van der Waals surface area contributed by atoms with Crippen LogP contribution in [0, 0.1) is 5.92 Å². The number of aliphatic hydroxyl groups is 1. The number of imidazole rings is 1. The van der Waals surface area contributed by atoms with Crippen molar-refractivity contribution >= 4 is 0 Å². The van der Waals surface area contributed by atoms with Gasteiger partial charge >= 0.3 is 0 Å². The quantitative estimate of drug-likeness (QED) is 0.0515. The highest BCUT2D eigenvalue weighted by molar-refractivity contribution is 4.69. The van der Waals surface area contributed by atoms with Crippen LogP contribution in [0.1, 0.15) is 303 Å². The largest absolute Gasteiger partial charge is 1.00 e. The maximum atomic E-state index is 9.52. The average Bonchev–Trinajstić information content (AvgIpc) is 3.68. The topological polar surface area (TPSA) is 29.0 Å². The molecule has 1 heterocycles. The van der Waals surface area contributed by atoms with E-state index < -0.39 is 0 Å². The van der Waals surface area contributed by atoms with Gasteiger partial charge in [0.25, 0.3) is 0 Å². The van der Waals surface area contributed by atoms with E-state index in [9.17, 15) is 5.11 Å². The van der Waals surface area contributed by atoms with Crippen LogP contribution in [0.3, 0.4) is 0 Å². The van der Waals surface area contributed by atoms with Crippen LogP contribution in [0.4, 0.5) is 0 Å². The Kier molecular flexibility index (Phi) is 46.1. The van der Waals surface area contributed by atoms with Gasteiger partial charge in [0.15, 0.2) is 0 Å². The summed E-state index contributed by atoms with van der Waals surface area (Å²) in [4.78, 5) is 0. The molecule has 1 atom stereocenters. The molecule has 1 N–H and O–H groups in total. The summed E-state index contributed by atoms with van der Waals surface area (Å²) in [6.45, 7) is 7.88. The van der Waals surface area contributed by atoms with Crippen molar-refractivity contribution in [3.63, 3.8) is 0 Å². The van der Waals surface area contributed by atoms with Crippen LogP contribution in [0.2, 0.25) is 0 Å². The van der Waals surface area contributed by atoms with Crippen molar-refractivity contribution in [3.8, 4) is 0 Å². The molecule has 0 radical (unpaired) electrons. The van der Waals surface area contributed by atoms with Crippen molar-refractivity contribution in [2.75, 3.05) is 6.61 Å². The third-order valence-corrected chi connectivity index (χ3v) is 13.2. The Labute approximate surface area is 365 Å². The first-order chi connectivity index (χ1) is 27.7. The number of nitrogens with zero attached hydrogens (tertiary/aromatic N) is 2. The van der Waals surface area contributed by atoms with Crippen LogP contribution in [0.5, 0.6) is 0 Å². The fourth-order valence-electron chi connectivity index (χ4n) is 9.33. The van der Waals surface area contributed by atoms with Crippen LogP contribution >= 0.6 is 0 Å². The smallest absolute Gasteiger partial charge is 0.244 e. The molecule has 0 aromatic carbocycles. The number of unbranched alkanes of at least 4 members (excludes halogenated alkanes) is 34. The highest BCUT2D eigenvalue weighted by Crippen LogP contribution is 2.27. The van der Waals surface area contributed by atoms with Gasteiger partial charge in [-0.15, -0.1) is 0 Å². The molecule has 57 heavy (non-hydrogen) atoms. The van der Waals surface area contributed by atoms with E-state index in [1.54, 1.807) is 0 Å². The Bertz CT molecular complexity index is 845. The summed E-state index contributed by atoms with van der Waals surface area (Å²) in [7, 11) is 0. The highest BCUT2D eigenvalue weighted by atomic mass is 35.5. The van der Waals surface area contributed by atoms with Gasteiger partial charge in [0.2, 0.25) is 6.33 Å². The molecule has 1 aromatic heterocycles. The molecular weight excluding hydrogens is 716 g/mol. The van der Waals surface area contributed by atoms with Crippen LogP contribution in [-0.2, 0) is 6.54 Å². The predicted octanol–water partition coefficient (Wildman–Crippen LogP) is 14.8. The van der Waals surface area contributed by atoms with E-state index >= 15 is 0 Å². The number of hydrogen-bond donors (Lipinski definition) is 1. The Balaban J connectivity index is 0.0000314. The zero-order chi connectivity index (χ0) is 40.3. The second-order valence-corrected chi connectivity index (χ2v) is 18.7. The fraction of sp³-hybridized carbons (Fsp3) is 0.943. The molecule has 1 unspecified atom stereocenters. The first-order valence-corrected chi connectivity index (χ1v) is 26.4. The number of rotatable bonds is 47. The molecule has 3 nitrogen and oxygen atoms in total. The summed E-state index contributed by atoms with van der Waals surface area (Å²) in [5, 5.41) is 9.52. The summed E-state index contributed by atoms with van der Waals surface area (Å²) >= 11 is 0. The summed E-state index contributed by atoms with van der Waals surface area (Å²) in [5.74, 6) is 0.953. The number of aromatic nitrogens is 2. The lowest BCUT2D eigenvalue weighted by atomic mass is 9.89. The minimum Gasteiger partial charge on any atom is -1.00 e. The van der Waals surface area contributed by atoms with Crippen molar-refractivity contribution in [3.05, 3.63) is 18.7 Å². The van der Waals surface area contributed by atoms with Crippen LogP contribution in [-0.4, -0.2) is 16.3 Å². The predicted molar refractivity (Wildman–Crippen MR) is 250 cm³/mol. The zero-order valence-corrected chi connectivity index (χ0v) is 40.2. The van der Waals surface area contributed by atoms with Gasteiger partial charge in [0.1, 0.15) is 25.0 Å². The summed E-state index contributed by atoms with van der Waals surface area (Å²) in [5.41, 5.74) is 0. The Morgan fingerprint density at radius 1 is 0.386 bits per heavy atom. The molecule has 0 bridgehead atoms. The number of halogens is 1. The molecule has 0 aliphatic heterocycles. The zero-order valence-electron chi connectivity index (χ0n) is 39.4. The Morgan fingerprint density at radius 2 is 0.649 bits per heavy atom. The van der Waals surface area contributed by atoms with Gasteiger partial charge in [0.05, 0.1) is 6.61 Å². The third kappa shape index (κ3) is 38.1. The first kappa shape index (κ1) is 56.5. The molecule has 0 aliphatic carbocycles. The second-order valence-electron chi connectivity index (χ2n) is 18.7. The SMILES string of the molecule is CCCCCCCCCCCCCCC(CCCCCCCCCCCCCC)CCCCC(CCCCCCCCCCCCCC)[n+]1ccn(CCO)c1.[Cl-]. The summed E-state index contributed by atoms with van der Waals surface area (Å²) < 4.78 is 4.67. The monoisotopic (exact) mass is 821 g/mol. The van der Waals surface area contributed by atoms with Gasteiger partial charge in [-0.25, -0.2) is 9.13 Å². The molecule has 0 fully saturated rings. The second kappa shape index (κ2) is 46.5. The lowest BCUT2D eigenvalue weighted by Gasteiger charge is -2.18. The van der Waals surface area contributed by atoms with E-state index in [0.29, 0.717) is 12.6 Å². The van der Waals surface area contributed by atoms with Crippen molar-refractivity contribution in [1.82, 2.24) is 4.57 Å².